The number of amides is 2. The van der Waals surface area contributed by atoms with E-state index in [0.29, 0.717) is 27.0 Å². The summed E-state index contributed by atoms with van der Waals surface area (Å²) in [5.74, 6) is -1.07. The Bertz CT molecular complexity index is 789. The minimum absolute atomic E-state index is 0.0642. The van der Waals surface area contributed by atoms with Crippen LogP contribution in [-0.2, 0) is 9.59 Å². The molecule has 0 fully saturated rings. The normalized spacial score (nSPS) is 10.1. The largest absolute Gasteiger partial charge is 0.326 e. The molecule has 2 N–H and O–H groups in total. The lowest BCUT2D eigenvalue weighted by molar-refractivity contribution is -0.123. The van der Waals surface area contributed by atoms with E-state index in [0.717, 1.165) is 0 Å². The number of anilines is 2. The first-order valence-corrected chi connectivity index (χ1v) is 7.76. The lowest BCUT2D eigenvalue weighted by Crippen LogP contribution is -2.21. The Kier molecular flexibility index (Phi) is 5.95. The average Bonchev–Trinajstić information content (AvgIpc) is 2.51. The van der Waals surface area contributed by atoms with Crippen molar-refractivity contribution in [1.29, 1.82) is 0 Å². The highest BCUT2D eigenvalue weighted by atomic mass is 35.5. The lowest BCUT2D eigenvalue weighted by Gasteiger charge is -2.08. The van der Waals surface area contributed by atoms with Crippen LogP contribution in [0.2, 0.25) is 10.0 Å². The first kappa shape index (κ1) is 18.0. The molecule has 7 heteroatoms. The van der Waals surface area contributed by atoms with Crippen LogP contribution in [0.25, 0.3) is 0 Å². The molecule has 0 atom stereocenters. The summed E-state index contributed by atoms with van der Waals surface area (Å²) in [5, 5.41) is 5.86. The number of ketones is 1. The van der Waals surface area contributed by atoms with Crippen molar-refractivity contribution in [3.63, 3.8) is 0 Å². The SMILES string of the molecule is CC(=O)c1ccc(NC(=O)CC(=O)Nc2cc(Cl)ccc2Cl)cc1. The third-order valence-corrected chi connectivity index (χ3v) is 3.66. The molecule has 0 spiro atoms. The van der Waals surface area contributed by atoms with E-state index in [1.807, 2.05) is 0 Å². The number of nitrogens with one attached hydrogen (secondary N) is 2. The van der Waals surface area contributed by atoms with E-state index in [2.05, 4.69) is 10.6 Å². The topological polar surface area (TPSA) is 75.3 Å². The van der Waals surface area contributed by atoms with Crippen LogP contribution in [0.15, 0.2) is 42.5 Å². The molecule has 0 bridgehead atoms. The summed E-state index contributed by atoms with van der Waals surface area (Å²) < 4.78 is 0. The van der Waals surface area contributed by atoms with Gasteiger partial charge in [-0.1, -0.05) is 23.2 Å². The predicted octanol–water partition coefficient (Wildman–Crippen LogP) is 4.16. The molecule has 5 nitrogen and oxygen atoms in total. The van der Waals surface area contributed by atoms with Crippen molar-refractivity contribution in [2.75, 3.05) is 10.6 Å². The minimum atomic E-state index is -0.517. The molecule has 0 aliphatic carbocycles. The van der Waals surface area contributed by atoms with Gasteiger partial charge in [-0.2, -0.15) is 0 Å². The van der Waals surface area contributed by atoms with Gasteiger partial charge in [-0.3, -0.25) is 14.4 Å². The Morgan fingerprint density at radius 2 is 1.54 bits per heavy atom. The maximum Gasteiger partial charge on any atom is 0.233 e. The van der Waals surface area contributed by atoms with E-state index >= 15 is 0 Å². The summed E-state index contributed by atoms with van der Waals surface area (Å²) in [6, 6.07) is 11.0. The zero-order valence-corrected chi connectivity index (χ0v) is 14.2. The Morgan fingerprint density at radius 1 is 0.917 bits per heavy atom. The first-order chi connectivity index (χ1) is 11.3. The zero-order valence-electron chi connectivity index (χ0n) is 12.7. The highest BCUT2D eigenvalue weighted by Gasteiger charge is 2.12. The summed E-state index contributed by atoms with van der Waals surface area (Å²) in [5.41, 5.74) is 1.38. The smallest absolute Gasteiger partial charge is 0.233 e. The monoisotopic (exact) mass is 364 g/mol. The summed E-state index contributed by atoms with van der Waals surface area (Å²) in [6.45, 7) is 1.46. The summed E-state index contributed by atoms with van der Waals surface area (Å²) in [4.78, 5) is 35.0. The molecule has 0 heterocycles. The molecule has 0 aliphatic rings. The maximum absolute atomic E-state index is 11.9. The van der Waals surface area contributed by atoms with Gasteiger partial charge in [-0.25, -0.2) is 0 Å². The molecular weight excluding hydrogens is 351 g/mol. The fourth-order valence-corrected chi connectivity index (χ4v) is 2.26. The van der Waals surface area contributed by atoms with E-state index in [4.69, 9.17) is 23.2 Å². The number of carbonyl (C=O) groups excluding carboxylic acids is 3. The van der Waals surface area contributed by atoms with Gasteiger partial charge in [-0.05, 0) is 49.4 Å². The molecule has 0 aromatic heterocycles. The van der Waals surface area contributed by atoms with Crippen LogP contribution in [0.1, 0.15) is 23.7 Å². The molecule has 0 unspecified atom stereocenters. The molecular formula is C17H14Cl2N2O3. The maximum atomic E-state index is 11.9. The van der Waals surface area contributed by atoms with Gasteiger partial charge in [0.2, 0.25) is 11.8 Å². The van der Waals surface area contributed by atoms with Crippen LogP contribution in [0, 0.1) is 0 Å². The van der Waals surface area contributed by atoms with Crippen molar-refractivity contribution < 1.29 is 14.4 Å². The lowest BCUT2D eigenvalue weighted by atomic mass is 10.1. The van der Waals surface area contributed by atoms with Gasteiger partial charge in [0.1, 0.15) is 6.42 Å². The van der Waals surface area contributed by atoms with Gasteiger partial charge in [0.15, 0.2) is 5.78 Å². The van der Waals surface area contributed by atoms with Crippen molar-refractivity contribution in [2.24, 2.45) is 0 Å². The number of halogens is 2. The second-order valence-electron chi connectivity index (χ2n) is 5.03. The molecule has 2 amide bonds. The molecule has 2 aromatic rings. The van der Waals surface area contributed by atoms with Crippen LogP contribution in [0.3, 0.4) is 0 Å². The number of rotatable bonds is 5. The number of carbonyl (C=O) groups is 3. The highest BCUT2D eigenvalue weighted by Crippen LogP contribution is 2.25. The van der Waals surface area contributed by atoms with Crippen molar-refractivity contribution in [1.82, 2.24) is 0 Å². The van der Waals surface area contributed by atoms with Crippen LogP contribution < -0.4 is 10.6 Å². The Balaban J connectivity index is 1.93. The first-order valence-electron chi connectivity index (χ1n) is 7.01. The van der Waals surface area contributed by atoms with E-state index in [9.17, 15) is 14.4 Å². The molecule has 0 radical (unpaired) electrons. The Labute approximate surface area is 149 Å². The summed E-state index contributed by atoms with van der Waals surface area (Å²) in [7, 11) is 0. The second-order valence-corrected chi connectivity index (χ2v) is 5.87. The third kappa shape index (κ3) is 5.08. The van der Waals surface area contributed by atoms with Gasteiger partial charge in [0, 0.05) is 16.3 Å². The van der Waals surface area contributed by atoms with Gasteiger partial charge in [-0.15, -0.1) is 0 Å². The number of hydrogen-bond acceptors (Lipinski definition) is 3. The fraction of sp³-hybridized carbons (Fsp3) is 0.118. The third-order valence-electron chi connectivity index (χ3n) is 3.10. The fourth-order valence-electron chi connectivity index (χ4n) is 1.93. The van der Waals surface area contributed by atoms with Crippen molar-refractivity contribution in [3.8, 4) is 0 Å². The van der Waals surface area contributed by atoms with Crippen LogP contribution in [0.5, 0.6) is 0 Å². The molecule has 24 heavy (non-hydrogen) atoms. The Morgan fingerprint density at radius 3 is 2.17 bits per heavy atom. The van der Waals surface area contributed by atoms with Crippen molar-refractivity contribution >= 4 is 52.2 Å². The summed E-state index contributed by atoms with van der Waals surface area (Å²) in [6.07, 6.45) is -0.378. The van der Waals surface area contributed by atoms with Crippen molar-refractivity contribution in [3.05, 3.63) is 58.1 Å². The molecule has 0 saturated carbocycles. The number of Topliss-reactive ketones (excluding diaryl/α,β-unsaturated/α-hetero) is 1. The molecule has 2 rings (SSSR count). The van der Waals surface area contributed by atoms with Gasteiger partial charge >= 0.3 is 0 Å². The Hall–Kier alpha value is -2.37. The minimum Gasteiger partial charge on any atom is -0.326 e. The average molecular weight is 365 g/mol. The van der Waals surface area contributed by atoms with E-state index in [1.165, 1.54) is 13.0 Å². The van der Waals surface area contributed by atoms with Crippen molar-refractivity contribution in [2.45, 2.75) is 13.3 Å². The van der Waals surface area contributed by atoms with Gasteiger partial charge in [0.05, 0.1) is 10.7 Å². The van der Waals surface area contributed by atoms with Gasteiger partial charge < -0.3 is 10.6 Å². The second kappa shape index (κ2) is 7.95. The summed E-state index contributed by atoms with van der Waals surface area (Å²) >= 11 is 11.8. The van der Waals surface area contributed by atoms with Crippen LogP contribution in [-0.4, -0.2) is 17.6 Å². The zero-order chi connectivity index (χ0) is 17.7. The standard InChI is InChI=1S/C17H14Cl2N2O3/c1-10(22)11-2-5-13(6-3-11)20-16(23)9-17(24)21-15-8-12(18)4-7-14(15)19/h2-8H,9H2,1H3,(H,20,23)(H,21,24). The molecule has 0 aliphatic heterocycles. The molecule has 2 aromatic carbocycles. The molecule has 124 valence electrons. The highest BCUT2D eigenvalue weighted by molar-refractivity contribution is 6.35. The quantitative estimate of drug-likeness (QED) is 0.617. The van der Waals surface area contributed by atoms with Crippen LogP contribution >= 0.6 is 23.2 Å². The van der Waals surface area contributed by atoms with Crippen LogP contribution in [0.4, 0.5) is 11.4 Å². The molecule has 0 saturated heterocycles. The number of benzene rings is 2. The number of hydrogen-bond donors (Lipinski definition) is 2. The van der Waals surface area contributed by atoms with Gasteiger partial charge in [0.25, 0.3) is 0 Å². The van der Waals surface area contributed by atoms with E-state index < -0.39 is 11.8 Å². The van der Waals surface area contributed by atoms with E-state index in [-0.39, 0.29) is 12.2 Å². The van der Waals surface area contributed by atoms with E-state index in [1.54, 1.807) is 36.4 Å². The predicted molar refractivity (Wildman–Crippen MR) is 94.8 cm³/mol.